The molecule has 1 saturated heterocycles. The Morgan fingerprint density at radius 3 is 2.74 bits per heavy atom. The SMILES string of the molecule is C=C[C@]1(C)CC[C@@H]2[C@H](O1)c1ccccc1OC2(C)C. The lowest BCUT2D eigenvalue weighted by atomic mass is 9.73. The normalized spacial score (nSPS) is 35.7. The van der Waals surface area contributed by atoms with Crippen molar-refractivity contribution < 1.29 is 9.47 Å². The van der Waals surface area contributed by atoms with E-state index in [1.807, 2.05) is 18.2 Å². The van der Waals surface area contributed by atoms with Crippen LogP contribution in [0.3, 0.4) is 0 Å². The van der Waals surface area contributed by atoms with Gasteiger partial charge in [-0.1, -0.05) is 24.3 Å². The van der Waals surface area contributed by atoms with Crippen molar-refractivity contribution >= 4 is 0 Å². The first-order valence-corrected chi connectivity index (χ1v) is 7.04. The largest absolute Gasteiger partial charge is 0.487 e. The summed E-state index contributed by atoms with van der Waals surface area (Å²) in [6.45, 7) is 10.4. The second-order valence-electron chi connectivity index (χ2n) is 6.44. The van der Waals surface area contributed by atoms with Gasteiger partial charge in [-0.15, -0.1) is 6.58 Å². The summed E-state index contributed by atoms with van der Waals surface area (Å²) in [6.07, 6.45) is 4.16. The lowest BCUT2D eigenvalue weighted by Gasteiger charge is -2.51. The third-order valence-corrected chi connectivity index (χ3v) is 4.64. The predicted molar refractivity (Wildman–Crippen MR) is 76.3 cm³/mol. The van der Waals surface area contributed by atoms with Gasteiger partial charge in [0, 0.05) is 11.5 Å². The van der Waals surface area contributed by atoms with Crippen LogP contribution in [0, 0.1) is 5.92 Å². The molecule has 3 rings (SSSR count). The molecule has 1 fully saturated rings. The lowest BCUT2D eigenvalue weighted by Crippen LogP contribution is -2.50. The molecule has 102 valence electrons. The summed E-state index contributed by atoms with van der Waals surface area (Å²) < 4.78 is 12.6. The van der Waals surface area contributed by atoms with Gasteiger partial charge in [0.15, 0.2) is 0 Å². The number of hydrogen-bond donors (Lipinski definition) is 0. The van der Waals surface area contributed by atoms with Crippen LogP contribution < -0.4 is 4.74 Å². The molecule has 3 atom stereocenters. The Kier molecular flexibility index (Phi) is 2.75. The lowest BCUT2D eigenvalue weighted by molar-refractivity contribution is -0.172. The van der Waals surface area contributed by atoms with Gasteiger partial charge < -0.3 is 9.47 Å². The minimum absolute atomic E-state index is 0.108. The van der Waals surface area contributed by atoms with Crippen molar-refractivity contribution in [3.8, 4) is 5.75 Å². The van der Waals surface area contributed by atoms with E-state index < -0.39 is 0 Å². The van der Waals surface area contributed by atoms with Crippen LogP contribution in [0.25, 0.3) is 0 Å². The van der Waals surface area contributed by atoms with Gasteiger partial charge >= 0.3 is 0 Å². The van der Waals surface area contributed by atoms with E-state index in [2.05, 4.69) is 39.5 Å². The molecule has 0 saturated carbocycles. The highest BCUT2D eigenvalue weighted by Crippen LogP contribution is 2.52. The molecule has 0 unspecified atom stereocenters. The van der Waals surface area contributed by atoms with Gasteiger partial charge in [-0.2, -0.15) is 0 Å². The van der Waals surface area contributed by atoms with Crippen LogP contribution in [0.4, 0.5) is 0 Å². The van der Waals surface area contributed by atoms with Gasteiger partial charge in [0.2, 0.25) is 0 Å². The van der Waals surface area contributed by atoms with Crippen molar-refractivity contribution in [2.45, 2.75) is 50.9 Å². The second-order valence-corrected chi connectivity index (χ2v) is 6.44. The Morgan fingerprint density at radius 1 is 1.26 bits per heavy atom. The standard InChI is InChI=1S/C17H22O2/c1-5-17(4)11-10-13-15(19-17)12-8-6-7-9-14(12)18-16(13,2)3/h5-9,13,15H,1,10-11H2,2-4H3/t13-,15-,17-/m1/s1. The zero-order chi connectivity index (χ0) is 13.7. The van der Waals surface area contributed by atoms with E-state index in [4.69, 9.17) is 9.47 Å². The molecular weight excluding hydrogens is 236 g/mol. The van der Waals surface area contributed by atoms with E-state index >= 15 is 0 Å². The fraction of sp³-hybridized carbons (Fsp3) is 0.529. The number of fused-ring (bicyclic) bond motifs is 3. The Hall–Kier alpha value is -1.28. The molecule has 0 N–H and O–H groups in total. The average molecular weight is 258 g/mol. The van der Waals surface area contributed by atoms with E-state index in [9.17, 15) is 0 Å². The Bertz CT molecular complexity index is 506. The van der Waals surface area contributed by atoms with Gasteiger partial charge in [0.1, 0.15) is 11.4 Å². The van der Waals surface area contributed by atoms with Crippen molar-refractivity contribution in [1.29, 1.82) is 0 Å². The number of rotatable bonds is 1. The van der Waals surface area contributed by atoms with Crippen LogP contribution in [0.15, 0.2) is 36.9 Å². The zero-order valence-electron chi connectivity index (χ0n) is 12.0. The fourth-order valence-electron chi connectivity index (χ4n) is 3.33. The second kappa shape index (κ2) is 4.11. The van der Waals surface area contributed by atoms with Crippen LogP contribution in [-0.4, -0.2) is 11.2 Å². The first-order valence-electron chi connectivity index (χ1n) is 7.04. The predicted octanol–water partition coefficient (Wildman–Crippen LogP) is 4.27. The molecule has 1 aromatic rings. The average Bonchev–Trinajstić information content (AvgIpc) is 2.38. The van der Waals surface area contributed by atoms with E-state index in [-0.39, 0.29) is 17.3 Å². The van der Waals surface area contributed by atoms with E-state index in [0.717, 1.165) is 18.6 Å². The summed E-state index contributed by atoms with van der Waals surface area (Å²) in [6, 6.07) is 8.24. The highest BCUT2D eigenvalue weighted by Gasteiger charge is 2.49. The van der Waals surface area contributed by atoms with Crippen LogP contribution >= 0.6 is 0 Å². The topological polar surface area (TPSA) is 18.5 Å². The number of hydrogen-bond acceptors (Lipinski definition) is 2. The number of benzene rings is 1. The van der Waals surface area contributed by atoms with Gasteiger partial charge in [0.05, 0.1) is 11.7 Å². The zero-order valence-corrected chi connectivity index (χ0v) is 12.0. The highest BCUT2D eigenvalue weighted by molar-refractivity contribution is 5.39. The molecule has 0 aliphatic carbocycles. The number of ether oxygens (including phenoxy) is 2. The summed E-state index contributed by atoms with van der Waals surface area (Å²) in [7, 11) is 0. The molecule has 0 aromatic heterocycles. The summed E-state index contributed by atoms with van der Waals surface area (Å²) in [5, 5.41) is 0. The molecule has 2 nitrogen and oxygen atoms in total. The van der Waals surface area contributed by atoms with Gasteiger partial charge in [-0.25, -0.2) is 0 Å². The molecule has 0 radical (unpaired) electrons. The fourth-order valence-corrected chi connectivity index (χ4v) is 3.33. The minimum atomic E-state index is -0.221. The van der Waals surface area contributed by atoms with Crippen molar-refractivity contribution in [3.05, 3.63) is 42.5 Å². The monoisotopic (exact) mass is 258 g/mol. The van der Waals surface area contributed by atoms with Crippen molar-refractivity contribution in [3.63, 3.8) is 0 Å². The molecule has 2 aliphatic rings. The van der Waals surface area contributed by atoms with Crippen LogP contribution in [0.2, 0.25) is 0 Å². The molecule has 0 amide bonds. The Balaban J connectivity index is 2.05. The quantitative estimate of drug-likeness (QED) is 0.700. The van der Waals surface area contributed by atoms with Gasteiger partial charge in [-0.3, -0.25) is 0 Å². The summed E-state index contributed by atoms with van der Waals surface area (Å²) in [5.74, 6) is 1.36. The van der Waals surface area contributed by atoms with Gasteiger partial charge in [-0.05, 0) is 39.7 Å². The minimum Gasteiger partial charge on any atom is -0.487 e. The number of para-hydroxylation sites is 1. The van der Waals surface area contributed by atoms with Crippen molar-refractivity contribution in [1.82, 2.24) is 0 Å². The molecule has 2 heterocycles. The highest BCUT2D eigenvalue weighted by atomic mass is 16.5. The van der Waals surface area contributed by atoms with Crippen LogP contribution in [0.5, 0.6) is 5.75 Å². The van der Waals surface area contributed by atoms with Crippen LogP contribution in [-0.2, 0) is 4.74 Å². The third-order valence-electron chi connectivity index (χ3n) is 4.64. The molecule has 0 bridgehead atoms. The molecule has 19 heavy (non-hydrogen) atoms. The van der Waals surface area contributed by atoms with Crippen molar-refractivity contribution in [2.75, 3.05) is 0 Å². The Labute approximate surface area is 115 Å². The Morgan fingerprint density at radius 2 is 2.00 bits per heavy atom. The van der Waals surface area contributed by atoms with E-state index in [1.54, 1.807) is 0 Å². The van der Waals surface area contributed by atoms with Gasteiger partial charge in [0.25, 0.3) is 0 Å². The molecule has 2 heteroatoms. The maximum atomic E-state index is 6.39. The smallest absolute Gasteiger partial charge is 0.125 e. The molecule has 1 aromatic carbocycles. The van der Waals surface area contributed by atoms with E-state index in [0.29, 0.717) is 5.92 Å². The first kappa shape index (κ1) is 12.7. The molecular formula is C17H22O2. The summed E-state index contributed by atoms with van der Waals surface area (Å²) >= 11 is 0. The molecule has 2 aliphatic heterocycles. The maximum absolute atomic E-state index is 6.39. The van der Waals surface area contributed by atoms with Crippen molar-refractivity contribution in [2.24, 2.45) is 5.92 Å². The third kappa shape index (κ3) is 1.99. The maximum Gasteiger partial charge on any atom is 0.125 e. The van der Waals surface area contributed by atoms with E-state index in [1.165, 1.54) is 5.56 Å². The molecule has 0 spiro atoms. The first-order chi connectivity index (χ1) is 8.95. The summed E-state index contributed by atoms with van der Waals surface area (Å²) in [4.78, 5) is 0. The van der Waals surface area contributed by atoms with Crippen LogP contribution in [0.1, 0.15) is 45.3 Å². The summed E-state index contributed by atoms with van der Waals surface area (Å²) in [5.41, 5.74) is 0.781.